The fourth-order valence-corrected chi connectivity index (χ4v) is 2.89. The zero-order valence-corrected chi connectivity index (χ0v) is 13.3. The molecule has 1 aromatic rings. The number of aliphatic hydroxyl groups excluding tert-OH is 1. The molecule has 0 spiro atoms. The van der Waals surface area contributed by atoms with Crippen LogP contribution in [0.25, 0.3) is 0 Å². The molecule has 1 aliphatic rings. The maximum atomic E-state index is 13.0. The number of methoxy groups -OCH3 is 1. The molecule has 24 heavy (non-hydrogen) atoms. The number of amides is 1. The third-order valence-electron chi connectivity index (χ3n) is 4.29. The Morgan fingerprint density at radius 3 is 2.62 bits per heavy atom. The van der Waals surface area contributed by atoms with Gasteiger partial charge in [0, 0.05) is 25.9 Å². The smallest absolute Gasteiger partial charge is 0.395 e. The van der Waals surface area contributed by atoms with Gasteiger partial charge in [0.25, 0.3) is 5.91 Å². The summed E-state index contributed by atoms with van der Waals surface area (Å²) in [5.41, 5.74) is -1.11. The first-order valence-electron chi connectivity index (χ1n) is 7.67. The van der Waals surface area contributed by atoms with Crippen molar-refractivity contribution in [2.24, 2.45) is 5.92 Å². The summed E-state index contributed by atoms with van der Waals surface area (Å²) in [6.07, 6.45) is -4.57. The topological polar surface area (TPSA) is 70.6 Å². The molecule has 134 valence electrons. The first-order valence-corrected chi connectivity index (χ1v) is 7.67. The average molecular weight is 346 g/mol. The second-order valence-corrected chi connectivity index (χ2v) is 5.88. The van der Waals surface area contributed by atoms with Gasteiger partial charge < -0.3 is 20.5 Å². The molecule has 0 bridgehead atoms. The van der Waals surface area contributed by atoms with E-state index in [-0.39, 0.29) is 37.8 Å². The summed E-state index contributed by atoms with van der Waals surface area (Å²) in [5.74, 6) is -0.526. The first kappa shape index (κ1) is 18.5. The van der Waals surface area contributed by atoms with Gasteiger partial charge in [0.05, 0.1) is 12.2 Å². The minimum atomic E-state index is -4.37. The lowest BCUT2D eigenvalue weighted by molar-refractivity contribution is -0.307. The highest BCUT2D eigenvalue weighted by atomic mass is 19.4. The van der Waals surface area contributed by atoms with E-state index < -0.39 is 11.8 Å². The summed E-state index contributed by atoms with van der Waals surface area (Å²) in [5, 5.41) is 14.3. The van der Waals surface area contributed by atoms with Gasteiger partial charge in [-0.25, -0.2) is 0 Å². The van der Waals surface area contributed by atoms with Crippen molar-refractivity contribution in [3.05, 3.63) is 29.8 Å². The molecule has 0 aromatic heterocycles. The molecule has 1 saturated carbocycles. The number of carbonyl (C=O) groups is 1. The second kappa shape index (κ2) is 7.40. The van der Waals surface area contributed by atoms with Crippen LogP contribution in [-0.4, -0.2) is 49.6 Å². The number of benzene rings is 1. The quantitative estimate of drug-likeness (QED) is 0.708. The van der Waals surface area contributed by atoms with Crippen molar-refractivity contribution < 1.29 is 27.8 Å². The number of hydrogen-bond acceptors (Lipinski definition) is 4. The van der Waals surface area contributed by atoms with E-state index in [0.717, 1.165) is 7.11 Å². The molecule has 0 heterocycles. The lowest BCUT2D eigenvalue weighted by Crippen LogP contribution is -2.57. The third kappa shape index (κ3) is 3.81. The van der Waals surface area contributed by atoms with Gasteiger partial charge in [0.1, 0.15) is 0 Å². The van der Waals surface area contributed by atoms with Crippen molar-refractivity contribution >= 4 is 11.6 Å². The fraction of sp³-hybridized carbons (Fsp3) is 0.562. The number of carbonyl (C=O) groups excluding carboxylic acids is 1. The van der Waals surface area contributed by atoms with Crippen LogP contribution in [0.15, 0.2) is 24.3 Å². The van der Waals surface area contributed by atoms with E-state index >= 15 is 0 Å². The molecule has 0 saturated heterocycles. The number of nitrogens with one attached hydrogen (secondary N) is 2. The van der Waals surface area contributed by atoms with Crippen LogP contribution in [0.5, 0.6) is 0 Å². The molecule has 0 atom stereocenters. The van der Waals surface area contributed by atoms with Crippen LogP contribution in [0.2, 0.25) is 0 Å². The molecule has 8 heteroatoms. The molecular formula is C16H21F3N2O3. The van der Waals surface area contributed by atoms with E-state index in [4.69, 9.17) is 5.11 Å². The maximum absolute atomic E-state index is 13.0. The number of para-hydroxylation sites is 1. The zero-order valence-electron chi connectivity index (χ0n) is 13.3. The Morgan fingerprint density at radius 2 is 2.04 bits per heavy atom. The first-order chi connectivity index (χ1) is 11.3. The normalized spacial score (nSPS) is 23.5. The number of aliphatic hydroxyl groups is 1. The van der Waals surface area contributed by atoms with Crippen molar-refractivity contribution in [1.29, 1.82) is 0 Å². The predicted octanol–water partition coefficient (Wildman–Crippen LogP) is 2.18. The van der Waals surface area contributed by atoms with E-state index in [1.54, 1.807) is 24.3 Å². The van der Waals surface area contributed by atoms with Crippen molar-refractivity contribution in [3.63, 3.8) is 0 Å². The average Bonchev–Trinajstić information content (AvgIpc) is 2.50. The summed E-state index contributed by atoms with van der Waals surface area (Å²) < 4.78 is 43.6. The van der Waals surface area contributed by atoms with Gasteiger partial charge in [-0.2, -0.15) is 13.2 Å². The molecule has 1 aromatic carbocycles. The molecule has 1 fully saturated rings. The van der Waals surface area contributed by atoms with E-state index in [9.17, 15) is 18.0 Å². The molecule has 1 aliphatic carbocycles. The molecule has 5 nitrogen and oxygen atoms in total. The summed E-state index contributed by atoms with van der Waals surface area (Å²) in [6.45, 7) is 0.295. The van der Waals surface area contributed by atoms with Gasteiger partial charge >= 0.3 is 6.18 Å². The lowest BCUT2D eigenvalue weighted by atomic mass is 9.70. The van der Waals surface area contributed by atoms with E-state index in [1.807, 2.05) is 0 Å². The highest BCUT2D eigenvalue weighted by molar-refractivity contribution is 5.99. The van der Waals surface area contributed by atoms with Gasteiger partial charge in [0.15, 0.2) is 5.60 Å². The number of halogens is 3. The SMILES string of the molecule is COC1(C(F)(F)F)CC(CNc2ccccc2C(=O)NCCO)C1. The van der Waals surface area contributed by atoms with Gasteiger partial charge in [0.2, 0.25) is 0 Å². The number of anilines is 1. The summed E-state index contributed by atoms with van der Waals surface area (Å²) in [4.78, 5) is 12.0. The Hall–Kier alpha value is -1.80. The summed E-state index contributed by atoms with van der Waals surface area (Å²) in [7, 11) is 1.08. The Kier molecular flexibility index (Phi) is 5.71. The highest BCUT2D eigenvalue weighted by Crippen LogP contribution is 2.50. The van der Waals surface area contributed by atoms with Crippen molar-refractivity contribution in [2.75, 3.05) is 32.1 Å². The lowest BCUT2D eigenvalue weighted by Gasteiger charge is -2.47. The van der Waals surface area contributed by atoms with Crippen molar-refractivity contribution in [1.82, 2.24) is 5.32 Å². The van der Waals surface area contributed by atoms with E-state index in [2.05, 4.69) is 15.4 Å². The van der Waals surface area contributed by atoms with Crippen LogP contribution < -0.4 is 10.6 Å². The summed E-state index contributed by atoms with van der Waals surface area (Å²) >= 11 is 0. The molecule has 1 amide bonds. The second-order valence-electron chi connectivity index (χ2n) is 5.88. The zero-order chi connectivity index (χ0) is 17.8. The Balaban J connectivity index is 1.94. The molecule has 0 unspecified atom stereocenters. The van der Waals surface area contributed by atoms with Gasteiger partial charge in [-0.1, -0.05) is 12.1 Å². The number of ether oxygens (including phenoxy) is 1. The number of hydrogen-bond donors (Lipinski definition) is 3. The maximum Gasteiger partial charge on any atom is 0.417 e. The highest BCUT2D eigenvalue weighted by Gasteiger charge is 2.62. The minimum absolute atomic E-state index is 0.0983. The fourth-order valence-electron chi connectivity index (χ4n) is 2.89. The molecule has 2 rings (SSSR count). The standard InChI is InChI=1S/C16H21F3N2O3/c1-24-15(16(17,18)19)8-11(9-15)10-21-13-5-3-2-4-12(13)14(23)20-6-7-22/h2-5,11,21-22H,6-10H2,1H3,(H,20,23). The van der Waals surface area contributed by atoms with Crippen molar-refractivity contribution in [2.45, 2.75) is 24.6 Å². The predicted molar refractivity (Wildman–Crippen MR) is 82.9 cm³/mol. The molecule has 0 aliphatic heterocycles. The van der Waals surface area contributed by atoms with Crippen LogP contribution >= 0.6 is 0 Å². The molecule has 0 radical (unpaired) electrons. The van der Waals surface area contributed by atoms with Gasteiger partial charge in [-0.15, -0.1) is 0 Å². The molecule has 3 N–H and O–H groups in total. The van der Waals surface area contributed by atoms with Crippen LogP contribution in [-0.2, 0) is 4.74 Å². The van der Waals surface area contributed by atoms with Gasteiger partial charge in [-0.05, 0) is 30.9 Å². The van der Waals surface area contributed by atoms with E-state index in [0.29, 0.717) is 17.8 Å². The molecular weight excluding hydrogens is 325 g/mol. The summed E-state index contributed by atoms with van der Waals surface area (Å²) in [6, 6.07) is 6.74. The van der Waals surface area contributed by atoms with Crippen LogP contribution in [0.4, 0.5) is 18.9 Å². The number of rotatable bonds is 7. The Bertz CT molecular complexity index is 572. The largest absolute Gasteiger partial charge is 0.417 e. The number of alkyl halides is 3. The van der Waals surface area contributed by atoms with Crippen LogP contribution in [0.3, 0.4) is 0 Å². The van der Waals surface area contributed by atoms with Crippen molar-refractivity contribution in [3.8, 4) is 0 Å². The van der Waals surface area contributed by atoms with E-state index in [1.165, 1.54) is 0 Å². The van der Waals surface area contributed by atoms with Gasteiger partial charge in [-0.3, -0.25) is 4.79 Å². The third-order valence-corrected chi connectivity index (χ3v) is 4.29. The monoisotopic (exact) mass is 346 g/mol. The minimum Gasteiger partial charge on any atom is -0.395 e. The van der Waals surface area contributed by atoms with Crippen LogP contribution in [0, 0.1) is 5.92 Å². The Labute approximate surface area is 138 Å². The Morgan fingerprint density at radius 1 is 1.38 bits per heavy atom. The van der Waals surface area contributed by atoms with Crippen LogP contribution in [0.1, 0.15) is 23.2 Å².